The van der Waals surface area contributed by atoms with Crippen molar-refractivity contribution in [1.29, 1.82) is 0 Å². The molecule has 5 heteroatoms. The average molecular weight is 260 g/mol. The SMILES string of the molecule is CNCC1CCCN1C(=O)C1CCC(F)(F)CC1. The van der Waals surface area contributed by atoms with Crippen LogP contribution in [0, 0.1) is 5.92 Å². The molecule has 0 radical (unpaired) electrons. The average Bonchev–Trinajstić information content (AvgIpc) is 2.77. The summed E-state index contributed by atoms with van der Waals surface area (Å²) in [6.07, 6.45) is 2.47. The van der Waals surface area contributed by atoms with Gasteiger partial charge in [0.15, 0.2) is 0 Å². The Morgan fingerprint density at radius 3 is 2.61 bits per heavy atom. The normalized spacial score (nSPS) is 28.6. The molecule has 1 saturated carbocycles. The Morgan fingerprint density at radius 2 is 2.00 bits per heavy atom. The number of carbonyl (C=O) groups is 1. The van der Waals surface area contributed by atoms with E-state index in [0.29, 0.717) is 12.8 Å². The van der Waals surface area contributed by atoms with Crippen molar-refractivity contribution in [2.24, 2.45) is 5.92 Å². The molecule has 2 aliphatic rings. The molecule has 104 valence electrons. The lowest BCUT2D eigenvalue weighted by atomic mass is 9.86. The number of likely N-dealkylation sites (tertiary alicyclic amines) is 1. The molecule has 0 spiro atoms. The fourth-order valence-electron chi connectivity index (χ4n) is 3.10. The van der Waals surface area contributed by atoms with Gasteiger partial charge in [-0.3, -0.25) is 4.79 Å². The highest BCUT2D eigenvalue weighted by molar-refractivity contribution is 5.79. The molecule has 2 fully saturated rings. The molecule has 1 N–H and O–H groups in total. The van der Waals surface area contributed by atoms with Crippen LogP contribution in [-0.4, -0.2) is 42.9 Å². The quantitative estimate of drug-likeness (QED) is 0.842. The number of nitrogens with one attached hydrogen (secondary N) is 1. The molecule has 1 aliphatic heterocycles. The fraction of sp³-hybridized carbons (Fsp3) is 0.923. The first-order valence-corrected chi connectivity index (χ1v) is 6.86. The Labute approximate surface area is 107 Å². The predicted molar refractivity (Wildman–Crippen MR) is 65.6 cm³/mol. The Hall–Kier alpha value is -0.710. The zero-order chi connectivity index (χ0) is 13.2. The summed E-state index contributed by atoms with van der Waals surface area (Å²) in [7, 11) is 1.88. The number of hydrogen-bond donors (Lipinski definition) is 1. The first-order valence-electron chi connectivity index (χ1n) is 6.86. The molecule has 1 heterocycles. The van der Waals surface area contributed by atoms with Crippen molar-refractivity contribution in [3.05, 3.63) is 0 Å². The second kappa shape index (κ2) is 5.51. The molecule has 0 aromatic heterocycles. The molecule has 1 atom stereocenters. The molecule has 2 rings (SSSR count). The van der Waals surface area contributed by atoms with Crippen molar-refractivity contribution in [1.82, 2.24) is 10.2 Å². The minimum Gasteiger partial charge on any atom is -0.338 e. The lowest BCUT2D eigenvalue weighted by molar-refractivity contribution is -0.140. The van der Waals surface area contributed by atoms with Gasteiger partial charge in [-0.2, -0.15) is 0 Å². The first kappa shape index (κ1) is 13.7. The van der Waals surface area contributed by atoms with E-state index in [4.69, 9.17) is 0 Å². The molecular weight excluding hydrogens is 238 g/mol. The van der Waals surface area contributed by atoms with Gasteiger partial charge in [0.1, 0.15) is 0 Å². The third-order valence-electron chi connectivity index (χ3n) is 4.17. The summed E-state index contributed by atoms with van der Waals surface area (Å²) >= 11 is 0. The van der Waals surface area contributed by atoms with Crippen LogP contribution >= 0.6 is 0 Å². The maximum Gasteiger partial charge on any atom is 0.248 e. The van der Waals surface area contributed by atoms with Gasteiger partial charge in [-0.25, -0.2) is 8.78 Å². The molecule has 0 aromatic carbocycles. The number of nitrogens with zero attached hydrogens (tertiary/aromatic N) is 1. The van der Waals surface area contributed by atoms with Gasteiger partial charge >= 0.3 is 0 Å². The van der Waals surface area contributed by atoms with Crippen LogP contribution in [0.15, 0.2) is 0 Å². The molecule has 1 unspecified atom stereocenters. The van der Waals surface area contributed by atoms with Gasteiger partial charge in [0, 0.05) is 37.9 Å². The molecule has 1 aliphatic carbocycles. The fourth-order valence-corrected chi connectivity index (χ4v) is 3.10. The number of alkyl halides is 2. The van der Waals surface area contributed by atoms with E-state index in [9.17, 15) is 13.6 Å². The highest BCUT2D eigenvalue weighted by Crippen LogP contribution is 2.37. The highest BCUT2D eigenvalue weighted by atomic mass is 19.3. The molecule has 1 saturated heterocycles. The second-order valence-corrected chi connectivity index (χ2v) is 5.52. The van der Waals surface area contributed by atoms with Crippen molar-refractivity contribution in [2.45, 2.75) is 50.5 Å². The van der Waals surface area contributed by atoms with Gasteiger partial charge in [0.25, 0.3) is 0 Å². The van der Waals surface area contributed by atoms with E-state index in [1.165, 1.54) is 0 Å². The number of hydrogen-bond acceptors (Lipinski definition) is 2. The van der Waals surface area contributed by atoms with Crippen LogP contribution in [0.1, 0.15) is 38.5 Å². The number of halogens is 2. The Kier molecular flexibility index (Phi) is 4.20. The number of likely N-dealkylation sites (N-methyl/N-ethyl adjacent to an activating group) is 1. The standard InChI is InChI=1S/C13H22F2N2O/c1-16-9-11-3-2-8-17(11)12(18)10-4-6-13(14,15)7-5-10/h10-11,16H,2-9H2,1H3. The molecule has 0 aromatic rings. The summed E-state index contributed by atoms with van der Waals surface area (Å²) in [4.78, 5) is 14.3. The van der Waals surface area contributed by atoms with Gasteiger partial charge in [-0.15, -0.1) is 0 Å². The van der Waals surface area contributed by atoms with E-state index in [1.54, 1.807) is 0 Å². The Balaban J connectivity index is 1.91. The van der Waals surface area contributed by atoms with E-state index >= 15 is 0 Å². The summed E-state index contributed by atoms with van der Waals surface area (Å²) in [5.41, 5.74) is 0. The van der Waals surface area contributed by atoms with Crippen molar-refractivity contribution < 1.29 is 13.6 Å². The van der Waals surface area contributed by atoms with Crippen LogP contribution in [0.5, 0.6) is 0 Å². The van der Waals surface area contributed by atoms with Crippen LogP contribution in [0.3, 0.4) is 0 Å². The zero-order valence-electron chi connectivity index (χ0n) is 10.9. The van der Waals surface area contributed by atoms with Gasteiger partial charge in [-0.05, 0) is 32.7 Å². The van der Waals surface area contributed by atoms with E-state index in [-0.39, 0.29) is 30.7 Å². The highest BCUT2D eigenvalue weighted by Gasteiger charge is 2.40. The number of carbonyl (C=O) groups excluding carboxylic acids is 1. The van der Waals surface area contributed by atoms with Crippen LogP contribution in [0.4, 0.5) is 8.78 Å². The van der Waals surface area contributed by atoms with Crippen LogP contribution < -0.4 is 5.32 Å². The van der Waals surface area contributed by atoms with Crippen LogP contribution in [-0.2, 0) is 4.79 Å². The van der Waals surface area contributed by atoms with Gasteiger partial charge in [-0.1, -0.05) is 0 Å². The summed E-state index contributed by atoms with van der Waals surface area (Å²) in [6, 6.07) is 0.255. The monoisotopic (exact) mass is 260 g/mol. The summed E-state index contributed by atoms with van der Waals surface area (Å²) in [5.74, 6) is -2.63. The first-order chi connectivity index (χ1) is 8.53. The smallest absolute Gasteiger partial charge is 0.248 e. The van der Waals surface area contributed by atoms with Gasteiger partial charge in [0.05, 0.1) is 0 Å². The summed E-state index contributed by atoms with van der Waals surface area (Å²) < 4.78 is 26.2. The molecule has 18 heavy (non-hydrogen) atoms. The predicted octanol–water partition coefficient (Wildman–Crippen LogP) is 2.02. The lowest BCUT2D eigenvalue weighted by Crippen LogP contribution is -2.45. The third-order valence-corrected chi connectivity index (χ3v) is 4.17. The van der Waals surface area contributed by atoms with E-state index in [1.807, 2.05) is 11.9 Å². The topological polar surface area (TPSA) is 32.3 Å². The molecular formula is C13H22F2N2O. The Morgan fingerprint density at radius 1 is 1.33 bits per heavy atom. The van der Waals surface area contributed by atoms with E-state index in [2.05, 4.69) is 5.32 Å². The molecule has 1 amide bonds. The van der Waals surface area contributed by atoms with Gasteiger partial charge < -0.3 is 10.2 Å². The van der Waals surface area contributed by atoms with Crippen molar-refractivity contribution in [2.75, 3.05) is 20.1 Å². The Bertz CT molecular complexity index is 299. The second-order valence-electron chi connectivity index (χ2n) is 5.52. The van der Waals surface area contributed by atoms with Crippen molar-refractivity contribution in [3.63, 3.8) is 0 Å². The van der Waals surface area contributed by atoms with E-state index < -0.39 is 5.92 Å². The summed E-state index contributed by atoms with van der Waals surface area (Å²) in [5, 5.41) is 3.10. The maximum absolute atomic E-state index is 13.1. The third kappa shape index (κ3) is 2.99. The molecule has 0 bridgehead atoms. The van der Waals surface area contributed by atoms with E-state index in [0.717, 1.165) is 25.9 Å². The number of amides is 1. The lowest BCUT2D eigenvalue weighted by Gasteiger charge is -2.33. The maximum atomic E-state index is 13.1. The minimum atomic E-state index is -2.55. The minimum absolute atomic E-state index is 0.100. The van der Waals surface area contributed by atoms with Crippen molar-refractivity contribution in [3.8, 4) is 0 Å². The molecule has 3 nitrogen and oxygen atoms in total. The summed E-state index contributed by atoms with van der Waals surface area (Å²) in [6.45, 7) is 1.59. The van der Waals surface area contributed by atoms with Crippen LogP contribution in [0.25, 0.3) is 0 Å². The van der Waals surface area contributed by atoms with Crippen molar-refractivity contribution >= 4 is 5.91 Å². The largest absolute Gasteiger partial charge is 0.338 e. The van der Waals surface area contributed by atoms with Crippen LogP contribution in [0.2, 0.25) is 0 Å². The number of rotatable bonds is 3. The zero-order valence-corrected chi connectivity index (χ0v) is 10.9. The van der Waals surface area contributed by atoms with Gasteiger partial charge in [0.2, 0.25) is 11.8 Å².